The highest BCUT2D eigenvalue weighted by Crippen LogP contribution is 2.31. The van der Waals surface area contributed by atoms with Crippen molar-refractivity contribution in [3.05, 3.63) is 65.2 Å². The molecule has 3 aromatic rings. The number of anilines is 2. The van der Waals surface area contributed by atoms with E-state index < -0.39 is 0 Å². The molecule has 1 saturated heterocycles. The van der Waals surface area contributed by atoms with E-state index in [0.29, 0.717) is 6.04 Å². The lowest BCUT2D eigenvalue weighted by molar-refractivity contribution is 0.317. The molecule has 158 valence electrons. The van der Waals surface area contributed by atoms with Gasteiger partial charge in [0.2, 0.25) is 0 Å². The van der Waals surface area contributed by atoms with Crippen LogP contribution in [0.1, 0.15) is 39.2 Å². The molecular weight excluding hydrogens is 392 g/mol. The number of fused-ring (bicyclic) bond motifs is 1. The van der Waals surface area contributed by atoms with Crippen molar-refractivity contribution in [3.63, 3.8) is 0 Å². The molecule has 4 nitrogen and oxygen atoms in total. The van der Waals surface area contributed by atoms with Gasteiger partial charge in [-0.3, -0.25) is 0 Å². The van der Waals surface area contributed by atoms with Crippen LogP contribution in [0.25, 0.3) is 10.9 Å². The fourth-order valence-electron chi connectivity index (χ4n) is 4.18. The van der Waals surface area contributed by atoms with Gasteiger partial charge < -0.3 is 15.5 Å². The first-order chi connectivity index (χ1) is 14.4. The maximum Gasteiger partial charge on any atom is 0.129 e. The van der Waals surface area contributed by atoms with Gasteiger partial charge >= 0.3 is 0 Å². The second kappa shape index (κ2) is 8.83. The van der Waals surface area contributed by atoms with E-state index in [0.717, 1.165) is 48.8 Å². The number of pyridine rings is 1. The Hall–Kier alpha value is -2.30. The van der Waals surface area contributed by atoms with Gasteiger partial charge in [0.15, 0.2) is 0 Å². The molecule has 2 aromatic carbocycles. The third-order valence-electron chi connectivity index (χ3n) is 5.55. The molecule has 0 saturated carbocycles. The van der Waals surface area contributed by atoms with Crippen LogP contribution in [0.3, 0.4) is 0 Å². The van der Waals surface area contributed by atoms with E-state index in [2.05, 4.69) is 66.6 Å². The summed E-state index contributed by atoms with van der Waals surface area (Å²) < 4.78 is 0. The summed E-state index contributed by atoms with van der Waals surface area (Å²) in [5.74, 6) is 0.911. The minimum Gasteiger partial charge on any atom is -0.371 e. The summed E-state index contributed by atoms with van der Waals surface area (Å²) in [5.41, 5.74) is 3.65. The van der Waals surface area contributed by atoms with E-state index in [1.807, 2.05) is 24.3 Å². The lowest BCUT2D eigenvalue weighted by Crippen LogP contribution is -2.49. The van der Waals surface area contributed by atoms with Gasteiger partial charge in [0.05, 0.1) is 5.52 Å². The second-order valence-corrected chi connectivity index (χ2v) is 9.62. The Morgan fingerprint density at radius 2 is 1.73 bits per heavy atom. The smallest absolute Gasteiger partial charge is 0.129 e. The predicted molar refractivity (Wildman–Crippen MR) is 129 cm³/mol. The highest BCUT2D eigenvalue weighted by Gasteiger charge is 2.24. The topological polar surface area (TPSA) is 40.2 Å². The van der Waals surface area contributed by atoms with Crippen LogP contribution in [0, 0.1) is 0 Å². The molecule has 30 heavy (non-hydrogen) atoms. The molecule has 0 unspecified atom stereocenters. The Balaban J connectivity index is 1.53. The summed E-state index contributed by atoms with van der Waals surface area (Å²) in [4.78, 5) is 7.36. The van der Waals surface area contributed by atoms with Crippen LogP contribution < -0.4 is 15.5 Å². The largest absolute Gasteiger partial charge is 0.371 e. The number of para-hydroxylation sites is 1. The Labute approximate surface area is 184 Å². The Morgan fingerprint density at radius 1 is 1.03 bits per heavy atom. The van der Waals surface area contributed by atoms with Crippen LogP contribution in [0.15, 0.2) is 54.6 Å². The number of rotatable bonds is 5. The van der Waals surface area contributed by atoms with Gasteiger partial charge in [0, 0.05) is 53.4 Å². The molecule has 1 aliphatic rings. The normalized spacial score (nSPS) is 15.5. The summed E-state index contributed by atoms with van der Waals surface area (Å²) >= 11 is 6.00. The molecule has 4 rings (SSSR count). The van der Waals surface area contributed by atoms with Crippen LogP contribution in [0.2, 0.25) is 5.02 Å². The van der Waals surface area contributed by atoms with Crippen LogP contribution in [-0.2, 0) is 6.54 Å². The zero-order valence-electron chi connectivity index (χ0n) is 18.1. The first-order valence-corrected chi connectivity index (χ1v) is 11.2. The minimum atomic E-state index is 0.162. The van der Waals surface area contributed by atoms with Crippen molar-refractivity contribution in [1.82, 2.24) is 10.3 Å². The highest BCUT2D eigenvalue weighted by atomic mass is 35.5. The van der Waals surface area contributed by atoms with Gasteiger partial charge in [0.25, 0.3) is 0 Å². The van der Waals surface area contributed by atoms with Crippen LogP contribution >= 0.6 is 11.6 Å². The maximum atomic E-state index is 6.00. The molecule has 2 heterocycles. The van der Waals surface area contributed by atoms with E-state index in [1.54, 1.807) is 0 Å². The van der Waals surface area contributed by atoms with Gasteiger partial charge in [0.1, 0.15) is 5.82 Å². The predicted octanol–water partition coefficient (Wildman–Crippen LogP) is 5.86. The number of halogens is 1. The average Bonchev–Trinajstić information content (AvgIpc) is 2.72. The van der Waals surface area contributed by atoms with Crippen molar-refractivity contribution in [2.75, 3.05) is 23.3 Å². The molecule has 0 atom stereocenters. The first-order valence-electron chi connectivity index (χ1n) is 10.8. The fourth-order valence-corrected chi connectivity index (χ4v) is 4.31. The van der Waals surface area contributed by atoms with Gasteiger partial charge in [-0.1, -0.05) is 41.9 Å². The molecule has 1 fully saturated rings. The lowest BCUT2D eigenvalue weighted by atomic mass is 9.99. The summed E-state index contributed by atoms with van der Waals surface area (Å²) in [5, 5.41) is 9.24. The molecule has 2 N–H and O–H groups in total. The molecule has 0 radical (unpaired) electrons. The molecule has 0 amide bonds. The van der Waals surface area contributed by atoms with Crippen molar-refractivity contribution in [2.24, 2.45) is 0 Å². The lowest BCUT2D eigenvalue weighted by Gasteiger charge is -2.37. The summed E-state index contributed by atoms with van der Waals surface area (Å²) in [6.07, 6.45) is 2.31. The van der Waals surface area contributed by atoms with Crippen molar-refractivity contribution in [3.8, 4) is 0 Å². The van der Waals surface area contributed by atoms with Gasteiger partial charge in [-0.25, -0.2) is 4.98 Å². The number of benzene rings is 2. The zero-order valence-corrected chi connectivity index (χ0v) is 18.8. The van der Waals surface area contributed by atoms with Gasteiger partial charge in [-0.05, 0) is 57.4 Å². The van der Waals surface area contributed by atoms with Crippen LogP contribution in [0.5, 0.6) is 0 Å². The molecule has 0 aliphatic carbocycles. The number of aromatic nitrogens is 1. The summed E-state index contributed by atoms with van der Waals surface area (Å²) in [7, 11) is 0. The van der Waals surface area contributed by atoms with E-state index in [-0.39, 0.29) is 5.54 Å². The summed E-state index contributed by atoms with van der Waals surface area (Å²) in [6, 6.07) is 19.2. The standard InChI is InChI=1S/C25H31ClN4/c1-25(2,3)29-20-12-14-30(15-13-20)23-16-24(28-22-7-5-4-6-21(22)23)27-17-18-8-10-19(26)11-9-18/h4-11,16,20,29H,12-15,17H2,1-3H3,(H,27,28). The monoisotopic (exact) mass is 422 g/mol. The highest BCUT2D eigenvalue weighted by molar-refractivity contribution is 6.30. The maximum absolute atomic E-state index is 6.00. The van der Waals surface area contributed by atoms with Crippen LogP contribution in [-0.4, -0.2) is 29.7 Å². The van der Waals surface area contributed by atoms with Gasteiger partial charge in [-0.15, -0.1) is 0 Å². The van der Waals surface area contributed by atoms with Crippen molar-refractivity contribution in [2.45, 2.75) is 51.7 Å². The van der Waals surface area contributed by atoms with E-state index in [4.69, 9.17) is 16.6 Å². The van der Waals surface area contributed by atoms with Crippen LogP contribution in [0.4, 0.5) is 11.5 Å². The minimum absolute atomic E-state index is 0.162. The number of nitrogens with zero attached hydrogens (tertiary/aromatic N) is 2. The number of piperidine rings is 1. The number of nitrogens with one attached hydrogen (secondary N) is 2. The third kappa shape index (κ3) is 5.24. The SMILES string of the molecule is CC(C)(C)NC1CCN(c2cc(NCc3ccc(Cl)cc3)nc3ccccc23)CC1. The number of hydrogen-bond acceptors (Lipinski definition) is 4. The second-order valence-electron chi connectivity index (χ2n) is 9.18. The first kappa shape index (κ1) is 21.0. The molecule has 0 spiro atoms. The van der Waals surface area contributed by atoms with E-state index in [9.17, 15) is 0 Å². The van der Waals surface area contributed by atoms with E-state index >= 15 is 0 Å². The van der Waals surface area contributed by atoms with Crippen molar-refractivity contribution in [1.29, 1.82) is 0 Å². The van der Waals surface area contributed by atoms with Crippen molar-refractivity contribution < 1.29 is 0 Å². The molecule has 5 heteroatoms. The Kier molecular flexibility index (Phi) is 6.16. The number of hydrogen-bond donors (Lipinski definition) is 2. The van der Waals surface area contributed by atoms with E-state index in [1.165, 1.54) is 16.6 Å². The average molecular weight is 423 g/mol. The third-order valence-corrected chi connectivity index (χ3v) is 5.81. The zero-order chi connectivity index (χ0) is 21.1. The summed E-state index contributed by atoms with van der Waals surface area (Å²) in [6.45, 7) is 9.56. The Bertz CT molecular complexity index is 986. The molecule has 0 bridgehead atoms. The van der Waals surface area contributed by atoms with Crippen molar-refractivity contribution >= 4 is 34.0 Å². The fraction of sp³-hybridized carbons (Fsp3) is 0.400. The molecule has 1 aliphatic heterocycles. The molecular formula is C25H31ClN4. The quantitative estimate of drug-likeness (QED) is 0.540. The Morgan fingerprint density at radius 3 is 2.43 bits per heavy atom. The van der Waals surface area contributed by atoms with Gasteiger partial charge in [-0.2, -0.15) is 0 Å². The molecule has 1 aromatic heterocycles.